The minimum Gasteiger partial charge on any atom is -0.449 e. The van der Waals surface area contributed by atoms with E-state index in [-0.39, 0.29) is 25.3 Å². The van der Waals surface area contributed by atoms with E-state index in [1.165, 1.54) is 4.90 Å². The Morgan fingerprint density at radius 1 is 1.57 bits per heavy atom. The molecule has 2 aromatic rings. The van der Waals surface area contributed by atoms with Gasteiger partial charge < -0.3 is 14.4 Å². The molecule has 112 valence electrons. The number of carbonyl (C=O) groups is 1. The van der Waals surface area contributed by atoms with Gasteiger partial charge in [-0.25, -0.2) is 4.39 Å². The van der Waals surface area contributed by atoms with Crippen molar-refractivity contribution in [1.29, 1.82) is 0 Å². The van der Waals surface area contributed by atoms with Crippen LogP contribution in [0.2, 0.25) is 5.02 Å². The van der Waals surface area contributed by atoms with E-state index in [4.69, 9.17) is 16.0 Å². The summed E-state index contributed by atoms with van der Waals surface area (Å²) in [4.78, 5) is 13.9. The van der Waals surface area contributed by atoms with E-state index < -0.39 is 18.1 Å². The van der Waals surface area contributed by atoms with Gasteiger partial charge in [0.15, 0.2) is 11.3 Å². The zero-order chi connectivity index (χ0) is 15.1. The highest BCUT2D eigenvalue weighted by atomic mass is 35.5. The minimum atomic E-state index is -1.11. The van der Waals surface area contributed by atoms with Gasteiger partial charge in [-0.2, -0.15) is 0 Å². The number of amides is 1. The highest BCUT2D eigenvalue weighted by Gasteiger charge is 2.37. The van der Waals surface area contributed by atoms with Gasteiger partial charge in [0, 0.05) is 17.4 Å². The molecule has 0 radical (unpaired) electrons. The molecule has 0 unspecified atom stereocenters. The monoisotopic (exact) mass is 311 g/mol. The maximum atomic E-state index is 13.5. The van der Waals surface area contributed by atoms with Crippen LogP contribution in [0.15, 0.2) is 22.6 Å². The van der Waals surface area contributed by atoms with Crippen LogP contribution < -0.4 is 0 Å². The predicted molar refractivity (Wildman–Crippen MR) is 77.4 cm³/mol. The maximum Gasteiger partial charge on any atom is 0.290 e. The number of aryl methyl sites for hydroxylation is 1. The Balaban J connectivity index is 2.02. The van der Waals surface area contributed by atoms with E-state index in [9.17, 15) is 14.3 Å². The lowest BCUT2D eigenvalue weighted by Gasteiger charge is -2.21. The number of fused-ring (bicyclic) bond motifs is 1. The number of halogens is 2. The van der Waals surface area contributed by atoms with Crippen LogP contribution in [-0.4, -0.2) is 41.3 Å². The van der Waals surface area contributed by atoms with E-state index in [0.29, 0.717) is 16.2 Å². The molecule has 0 spiro atoms. The number of likely N-dealkylation sites (tertiary alicyclic amines) is 1. The fourth-order valence-electron chi connectivity index (χ4n) is 2.82. The molecule has 1 amide bonds. The van der Waals surface area contributed by atoms with E-state index >= 15 is 0 Å². The number of carbonyl (C=O) groups excluding carboxylic acids is 1. The van der Waals surface area contributed by atoms with Gasteiger partial charge in [0.25, 0.3) is 5.91 Å². The van der Waals surface area contributed by atoms with Gasteiger partial charge in [0.1, 0.15) is 6.17 Å². The van der Waals surface area contributed by atoms with Crippen molar-refractivity contribution in [3.05, 3.63) is 34.5 Å². The van der Waals surface area contributed by atoms with Gasteiger partial charge in [-0.05, 0) is 13.0 Å². The number of nitrogens with zero attached hydrogens (tertiary/aromatic N) is 1. The summed E-state index contributed by atoms with van der Waals surface area (Å²) in [6.45, 7) is 1.49. The lowest BCUT2D eigenvalue weighted by atomic mass is 10.1. The number of benzene rings is 1. The van der Waals surface area contributed by atoms with E-state index in [0.717, 1.165) is 5.39 Å². The third kappa shape index (κ3) is 2.30. The van der Waals surface area contributed by atoms with Gasteiger partial charge in [-0.3, -0.25) is 4.79 Å². The summed E-state index contributed by atoms with van der Waals surface area (Å²) in [7, 11) is 0. The molecular formula is C15H15ClFNO3. The lowest BCUT2D eigenvalue weighted by Crippen LogP contribution is -2.38. The Bertz CT molecular complexity index is 700. The van der Waals surface area contributed by atoms with E-state index in [1.807, 2.05) is 6.07 Å². The Morgan fingerprint density at radius 3 is 3.00 bits per heavy atom. The fraction of sp³-hybridized carbons (Fsp3) is 0.400. The largest absolute Gasteiger partial charge is 0.449 e. The molecule has 1 fully saturated rings. The van der Waals surface area contributed by atoms with Crippen molar-refractivity contribution in [2.24, 2.45) is 0 Å². The number of hydrogen-bond donors (Lipinski definition) is 1. The minimum absolute atomic E-state index is 0.0196. The first-order valence-electron chi connectivity index (χ1n) is 6.76. The van der Waals surface area contributed by atoms with Crippen LogP contribution in [0.1, 0.15) is 22.5 Å². The number of hydrogen-bond acceptors (Lipinski definition) is 3. The molecule has 0 bridgehead atoms. The van der Waals surface area contributed by atoms with Gasteiger partial charge >= 0.3 is 0 Å². The van der Waals surface area contributed by atoms with Crippen LogP contribution in [0.5, 0.6) is 0 Å². The second-order valence-corrected chi connectivity index (χ2v) is 5.71. The van der Waals surface area contributed by atoms with Crippen molar-refractivity contribution >= 4 is 28.5 Å². The Labute approximate surface area is 126 Å². The number of furan rings is 1. The summed E-state index contributed by atoms with van der Waals surface area (Å²) >= 11 is 6.07. The van der Waals surface area contributed by atoms with Crippen molar-refractivity contribution in [3.8, 4) is 0 Å². The number of aliphatic hydroxyl groups is 1. The predicted octanol–water partition coefficient (Wildman–Crippen LogP) is 2.94. The topological polar surface area (TPSA) is 53.7 Å². The molecule has 1 aliphatic rings. The standard InChI is InChI=1S/C15H15ClFNO3/c1-8-11-3-2-4-12(16)14(11)21-13(8)15(20)18-6-9(17)5-10(18)7-19/h2-4,9-10,19H,5-7H2,1H3/t9-,10-/m0/s1. The molecule has 0 saturated carbocycles. The van der Waals surface area contributed by atoms with Gasteiger partial charge in [0.05, 0.1) is 24.2 Å². The molecule has 0 aliphatic carbocycles. The second kappa shape index (κ2) is 5.31. The Morgan fingerprint density at radius 2 is 2.33 bits per heavy atom. The summed E-state index contributed by atoms with van der Waals surface area (Å²) in [6, 6.07) is 4.79. The summed E-state index contributed by atoms with van der Waals surface area (Å²) < 4.78 is 19.1. The molecule has 3 rings (SSSR count). The summed E-state index contributed by atoms with van der Waals surface area (Å²) in [6.07, 6.45) is -0.957. The van der Waals surface area contributed by atoms with Crippen LogP contribution in [0.3, 0.4) is 0 Å². The molecule has 1 saturated heterocycles. The average Bonchev–Trinajstić information content (AvgIpc) is 3.00. The molecule has 2 atom stereocenters. The summed E-state index contributed by atoms with van der Waals surface area (Å²) in [5, 5.41) is 10.5. The highest BCUT2D eigenvalue weighted by molar-refractivity contribution is 6.35. The molecule has 1 N–H and O–H groups in total. The first-order chi connectivity index (χ1) is 10.0. The number of para-hydroxylation sites is 1. The summed E-state index contributed by atoms with van der Waals surface area (Å²) in [5.41, 5.74) is 1.13. The van der Waals surface area contributed by atoms with Crippen LogP contribution >= 0.6 is 11.6 Å². The lowest BCUT2D eigenvalue weighted by molar-refractivity contribution is 0.0642. The third-order valence-corrected chi connectivity index (χ3v) is 4.24. The van der Waals surface area contributed by atoms with Gasteiger partial charge in [-0.1, -0.05) is 23.7 Å². The fourth-order valence-corrected chi connectivity index (χ4v) is 3.04. The van der Waals surface area contributed by atoms with Crippen molar-refractivity contribution in [2.45, 2.75) is 25.6 Å². The molecule has 21 heavy (non-hydrogen) atoms. The van der Waals surface area contributed by atoms with E-state index in [2.05, 4.69) is 0 Å². The number of alkyl halides is 1. The molecular weight excluding hydrogens is 297 g/mol. The molecule has 6 heteroatoms. The molecule has 4 nitrogen and oxygen atoms in total. The first kappa shape index (κ1) is 14.4. The maximum absolute atomic E-state index is 13.5. The van der Waals surface area contributed by atoms with E-state index in [1.54, 1.807) is 19.1 Å². The molecule has 1 aromatic heterocycles. The number of aliphatic hydroxyl groups excluding tert-OH is 1. The van der Waals surface area contributed by atoms with Crippen molar-refractivity contribution in [2.75, 3.05) is 13.2 Å². The average molecular weight is 312 g/mol. The number of rotatable bonds is 2. The van der Waals surface area contributed by atoms with Gasteiger partial charge in [0.2, 0.25) is 0 Å². The van der Waals surface area contributed by atoms with Crippen molar-refractivity contribution in [3.63, 3.8) is 0 Å². The second-order valence-electron chi connectivity index (χ2n) is 5.30. The van der Waals surface area contributed by atoms with Crippen LogP contribution in [0.4, 0.5) is 4.39 Å². The highest BCUT2D eigenvalue weighted by Crippen LogP contribution is 2.32. The van der Waals surface area contributed by atoms with Crippen molar-refractivity contribution in [1.82, 2.24) is 4.90 Å². The van der Waals surface area contributed by atoms with Crippen LogP contribution in [0, 0.1) is 6.92 Å². The molecule has 2 heterocycles. The Kier molecular flexibility index (Phi) is 3.63. The van der Waals surface area contributed by atoms with Crippen molar-refractivity contribution < 1.29 is 18.7 Å². The zero-order valence-corrected chi connectivity index (χ0v) is 12.2. The zero-order valence-electron chi connectivity index (χ0n) is 11.5. The van der Waals surface area contributed by atoms with Gasteiger partial charge in [-0.15, -0.1) is 0 Å². The quantitative estimate of drug-likeness (QED) is 0.927. The summed E-state index contributed by atoms with van der Waals surface area (Å²) in [5.74, 6) is -0.246. The van der Waals surface area contributed by atoms with Crippen LogP contribution in [0.25, 0.3) is 11.0 Å². The third-order valence-electron chi connectivity index (χ3n) is 3.94. The molecule has 1 aromatic carbocycles. The normalized spacial score (nSPS) is 22.2. The Hall–Kier alpha value is -1.59. The smallest absolute Gasteiger partial charge is 0.290 e. The molecule has 1 aliphatic heterocycles. The SMILES string of the molecule is Cc1c(C(=O)N2C[C@@H](F)C[C@H]2CO)oc2c(Cl)cccc12. The first-order valence-corrected chi connectivity index (χ1v) is 7.14. The van der Waals surface area contributed by atoms with Crippen LogP contribution in [-0.2, 0) is 0 Å².